The van der Waals surface area contributed by atoms with Crippen molar-refractivity contribution >= 4 is 8.58 Å². The molecule has 0 amide bonds. The van der Waals surface area contributed by atoms with Gasteiger partial charge in [-0.1, -0.05) is 6.92 Å². The highest BCUT2D eigenvalue weighted by Gasteiger charge is 2.10. The molecule has 44 valence electrons. The summed E-state index contributed by atoms with van der Waals surface area (Å²) >= 11 is 0. The van der Waals surface area contributed by atoms with Gasteiger partial charge >= 0.3 is 0 Å². The molecule has 0 aliphatic heterocycles. The van der Waals surface area contributed by atoms with Crippen LogP contribution in [0.5, 0.6) is 0 Å². The van der Waals surface area contributed by atoms with Crippen molar-refractivity contribution in [2.45, 2.75) is 19.0 Å². The van der Waals surface area contributed by atoms with E-state index < -0.39 is 12.1 Å². The zero-order valence-electron chi connectivity index (χ0n) is 4.41. The van der Waals surface area contributed by atoms with E-state index in [1.165, 1.54) is 0 Å². The van der Waals surface area contributed by atoms with Crippen molar-refractivity contribution in [1.29, 1.82) is 0 Å². The van der Waals surface area contributed by atoms with Gasteiger partial charge in [0.1, 0.15) is 0 Å². The van der Waals surface area contributed by atoms with E-state index in [0.717, 1.165) is 0 Å². The predicted molar refractivity (Wildman–Crippen MR) is 29.7 cm³/mol. The van der Waals surface area contributed by atoms with Crippen molar-refractivity contribution in [2.24, 2.45) is 0 Å². The molecule has 0 aromatic rings. The third-order valence-corrected chi connectivity index (χ3v) is 2.00. The Hall–Kier alpha value is 0.290. The van der Waals surface area contributed by atoms with Crippen molar-refractivity contribution in [3.63, 3.8) is 0 Å². The molecule has 0 rings (SSSR count). The van der Waals surface area contributed by atoms with Crippen LogP contribution in [-0.4, -0.2) is 18.7 Å². The molecule has 0 radical (unpaired) electrons. The van der Waals surface area contributed by atoms with Gasteiger partial charge in [-0.15, -0.1) is 8.58 Å². The molecule has 0 fully saturated rings. The van der Waals surface area contributed by atoms with Crippen molar-refractivity contribution in [3.8, 4) is 0 Å². The minimum Gasteiger partial charge on any atom is -0.210 e. The second-order valence-corrected chi connectivity index (χ2v) is 2.90. The molecule has 0 aromatic carbocycles. The predicted octanol–water partition coefficient (Wildman–Crippen LogP) is 1.95. The Balaban J connectivity index is 3.14. The number of hydrogen-bond acceptors (Lipinski definition) is 0. The summed E-state index contributed by atoms with van der Waals surface area (Å²) in [5.41, 5.74) is -0.403. The Kier molecular flexibility index (Phi) is 3.45. The molecule has 0 N–H and O–H groups in total. The van der Waals surface area contributed by atoms with Crippen LogP contribution in [0.3, 0.4) is 0 Å². The topological polar surface area (TPSA) is 0 Å². The average molecular weight is 126 g/mol. The van der Waals surface area contributed by atoms with Crippen LogP contribution in [0, 0.1) is 0 Å². The summed E-state index contributed by atoms with van der Waals surface area (Å²) in [5.74, 6) is 0. The van der Waals surface area contributed by atoms with Gasteiger partial charge in [0.05, 0.1) is 0 Å². The van der Waals surface area contributed by atoms with Gasteiger partial charge in [-0.2, -0.15) is 0 Å². The zero-order valence-corrected chi connectivity index (χ0v) is 5.41. The molecule has 7 heavy (non-hydrogen) atoms. The lowest BCUT2D eigenvalue weighted by Gasteiger charge is -2.03. The van der Waals surface area contributed by atoms with Crippen LogP contribution in [0.15, 0.2) is 0 Å². The van der Waals surface area contributed by atoms with Crippen LogP contribution in [0.25, 0.3) is 0 Å². The van der Waals surface area contributed by atoms with E-state index in [0.29, 0.717) is 8.58 Å². The van der Waals surface area contributed by atoms with Crippen LogP contribution in [0.1, 0.15) is 6.92 Å². The van der Waals surface area contributed by atoms with Gasteiger partial charge in [0.25, 0.3) is 0 Å². The summed E-state index contributed by atoms with van der Waals surface area (Å²) in [5, 5.41) is 0. The summed E-state index contributed by atoms with van der Waals surface area (Å²) in [4.78, 5) is 0. The molecule has 0 saturated carbocycles. The molecular formula is C4H9F2P. The van der Waals surface area contributed by atoms with Gasteiger partial charge in [-0.25, -0.2) is 8.78 Å². The summed E-state index contributed by atoms with van der Waals surface area (Å²) in [6.45, 7) is 3.35. The summed E-state index contributed by atoms with van der Waals surface area (Å²) in [7, 11) is 0.362. The van der Waals surface area contributed by atoms with Crippen LogP contribution in [0.2, 0.25) is 0 Å². The first kappa shape index (κ1) is 7.29. The fourth-order valence-corrected chi connectivity index (χ4v) is 0.378. The SMILES string of the molecule is CPC(C)C(F)F. The summed E-state index contributed by atoms with van der Waals surface area (Å²) < 4.78 is 22.9. The van der Waals surface area contributed by atoms with E-state index in [1.54, 1.807) is 13.6 Å². The highest BCUT2D eigenvalue weighted by Crippen LogP contribution is 2.19. The largest absolute Gasteiger partial charge is 0.244 e. The monoisotopic (exact) mass is 126 g/mol. The Morgan fingerprint density at radius 2 is 1.86 bits per heavy atom. The van der Waals surface area contributed by atoms with Gasteiger partial charge in [-0.3, -0.25) is 0 Å². The standard InChI is InChI=1S/C4H9F2P/c1-3(7-2)4(5)6/h3-4,7H,1-2H3. The molecule has 0 heterocycles. The highest BCUT2D eigenvalue weighted by atomic mass is 31.1. The summed E-state index contributed by atoms with van der Waals surface area (Å²) in [6.07, 6.45) is -2.12. The minimum atomic E-state index is -2.12. The average Bonchev–Trinajstić information content (AvgIpc) is 1.65. The maximum absolute atomic E-state index is 11.4. The lowest BCUT2D eigenvalue weighted by Crippen LogP contribution is -2.05. The maximum Gasteiger partial charge on any atom is 0.244 e. The van der Waals surface area contributed by atoms with Gasteiger partial charge in [-0.05, 0) is 6.66 Å². The van der Waals surface area contributed by atoms with Crippen molar-refractivity contribution in [2.75, 3.05) is 6.66 Å². The van der Waals surface area contributed by atoms with E-state index in [2.05, 4.69) is 0 Å². The van der Waals surface area contributed by atoms with E-state index >= 15 is 0 Å². The fourth-order valence-electron chi connectivity index (χ4n) is 0.126. The minimum absolute atomic E-state index is 0.362. The van der Waals surface area contributed by atoms with E-state index in [9.17, 15) is 8.78 Å². The molecule has 0 saturated heterocycles. The van der Waals surface area contributed by atoms with Gasteiger partial charge < -0.3 is 0 Å². The fraction of sp³-hybridized carbons (Fsp3) is 1.00. The smallest absolute Gasteiger partial charge is 0.210 e. The molecular weight excluding hydrogens is 117 g/mol. The van der Waals surface area contributed by atoms with E-state index in [1.807, 2.05) is 0 Å². The normalized spacial score (nSPS) is 16.7. The van der Waals surface area contributed by atoms with Crippen LogP contribution in [-0.2, 0) is 0 Å². The zero-order chi connectivity index (χ0) is 5.86. The molecule has 0 aromatic heterocycles. The van der Waals surface area contributed by atoms with Crippen molar-refractivity contribution < 1.29 is 8.78 Å². The molecule has 0 spiro atoms. The first-order valence-corrected chi connectivity index (χ1v) is 3.71. The molecule has 0 aliphatic rings. The van der Waals surface area contributed by atoms with Crippen molar-refractivity contribution in [1.82, 2.24) is 0 Å². The van der Waals surface area contributed by atoms with Gasteiger partial charge in [0, 0.05) is 5.66 Å². The van der Waals surface area contributed by atoms with Gasteiger partial charge in [0.15, 0.2) is 0 Å². The second-order valence-electron chi connectivity index (χ2n) is 1.41. The first-order chi connectivity index (χ1) is 3.18. The molecule has 0 aliphatic carbocycles. The highest BCUT2D eigenvalue weighted by molar-refractivity contribution is 7.37. The molecule has 2 atom stereocenters. The Labute approximate surface area is 44.1 Å². The first-order valence-electron chi connectivity index (χ1n) is 2.14. The van der Waals surface area contributed by atoms with E-state index in [4.69, 9.17) is 0 Å². The van der Waals surface area contributed by atoms with E-state index in [-0.39, 0.29) is 0 Å². The Morgan fingerprint density at radius 1 is 1.43 bits per heavy atom. The quantitative estimate of drug-likeness (QED) is 0.496. The molecule has 3 heteroatoms. The lowest BCUT2D eigenvalue weighted by molar-refractivity contribution is 0.149. The maximum atomic E-state index is 11.4. The third-order valence-electron chi connectivity index (χ3n) is 0.833. The third kappa shape index (κ3) is 2.93. The number of rotatable bonds is 2. The summed E-state index contributed by atoms with van der Waals surface area (Å²) in [6, 6.07) is 0. The molecule has 2 unspecified atom stereocenters. The van der Waals surface area contributed by atoms with Crippen LogP contribution >= 0.6 is 8.58 Å². The lowest BCUT2D eigenvalue weighted by atomic mass is 10.5. The number of halogens is 2. The van der Waals surface area contributed by atoms with Gasteiger partial charge in [0.2, 0.25) is 6.43 Å². The van der Waals surface area contributed by atoms with Crippen LogP contribution in [0.4, 0.5) is 8.78 Å². The number of alkyl halides is 2. The Bertz CT molecular complexity index is 47.0. The number of hydrogen-bond donors (Lipinski definition) is 0. The molecule has 0 bridgehead atoms. The second kappa shape index (κ2) is 3.31. The van der Waals surface area contributed by atoms with Crippen molar-refractivity contribution in [3.05, 3.63) is 0 Å². The Morgan fingerprint density at radius 3 is 1.86 bits per heavy atom. The molecule has 0 nitrogen and oxygen atoms in total. The van der Waals surface area contributed by atoms with Crippen LogP contribution < -0.4 is 0 Å².